The topological polar surface area (TPSA) is 49.4 Å². The van der Waals surface area contributed by atoms with Gasteiger partial charge in [0.1, 0.15) is 5.82 Å². The minimum absolute atomic E-state index is 0.00392. The van der Waals surface area contributed by atoms with Gasteiger partial charge in [0.25, 0.3) is 0 Å². The molecule has 1 aromatic carbocycles. The largest absolute Gasteiger partial charge is 0.352 e. The Labute approximate surface area is 118 Å². The normalized spacial score (nSPS) is 14.3. The van der Waals surface area contributed by atoms with E-state index in [9.17, 15) is 14.0 Å². The Morgan fingerprint density at radius 1 is 1.30 bits per heavy atom. The summed E-state index contributed by atoms with van der Waals surface area (Å²) in [5.41, 5.74) is 0.502. The zero-order valence-electron chi connectivity index (χ0n) is 11.6. The maximum Gasteiger partial charge on any atom is 0.234 e. The summed E-state index contributed by atoms with van der Waals surface area (Å²) in [6.07, 6.45) is 2.45. The van der Waals surface area contributed by atoms with E-state index in [1.165, 1.54) is 24.3 Å². The molecule has 0 radical (unpaired) electrons. The van der Waals surface area contributed by atoms with E-state index >= 15 is 0 Å². The fourth-order valence-electron chi connectivity index (χ4n) is 1.90. The van der Waals surface area contributed by atoms with E-state index in [1.807, 2.05) is 11.9 Å². The zero-order valence-corrected chi connectivity index (χ0v) is 11.6. The fraction of sp³-hybridized carbons (Fsp3) is 0.467. The van der Waals surface area contributed by atoms with Gasteiger partial charge < -0.3 is 5.32 Å². The van der Waals surface area contributed by atoms with Crippen LogP contribution in [-0.4, -0.2) is 42.8 Å². The zero-order chi connectivity index (χ0) is 14.5. The Morgan fingerprint density at radius 2 is 1.95 bits per heavy atom. The predicted molar refractivity (Wildman–Crippen MR) is 74.0 cm³/mol. The summed E-state index contributed by atoms with van der Waals surface area (Å²) in [7, 11) is 1.81. The molecule has 1 aliphatic rings. The highest BCUT2D eigenvalue weighted by molar-refractivity contribution is 5.96. The first kappa shape index (κ1) is 14.7. The second-order valence-electron chi connectivity index (χ2n) is 5.26. The molecule has 1 aliphatic carbocycles. The molecule has 1 saturated carbocycles. The van der Waals surface area contributed by atoms with Gasteiger partial charge in [-0.15, -0.1) is 0 Å². The predicted octanol–water partition coefficient (Wildman–Crippen LogP) is 1.61. The van der Waals surface area contributed by atoms with Crippen molar-refractivity contribution < 1.29 is 14.0 Å². The Kier molecular flexibility index (Phi) is 4.84. The molecule has 2 rings (SSSR count). The number of amides is 1. The number of nitrogens with one attached hydrogen (secondary N) is 1. The van der Waals surface area contributed by atoms with E-state index < -0.39 is 0 Å². The Bertz CT molecular complexity index is 483. The van der Waals surface area contributed by atoms with Gasteiger partial charge in [0.15, 0.2) is 5.78 Å². The van der Waals surface area contributed by atoms with Gasteiger partial charge in [0.2, 0.25) is 5.91 Å². The van der Waals surface area contributed by atoms with E-state index in [2.05, 4.69) is 5.32 Å². The van der Waals surface area contributed by atoms with Gasteiger partial charge in [-0.05, 0) is 44.2 Å². The van der Waals surface area contributed by atoms with Gasteiger partial charge >= 0.3 is 0 Å². The number of rotatable bonds is 7. The molecule has 1 amide bonds. The maximum atomic E-state index is 12.8. The van der Waals surface area contributed by atoms with Crippen molar-refractivity contribution in [3.05, 3.63) is 35.6 Å². The highest BCUT2D eigenvalue weighted by Gasteiger charge is 2.23. The number of hydrogen-bond acceptors (Lipinski definition) is 3. The molecule has 4 nitrogen and oxygen atoms in total. The summed E-state index contributed by atoms with van der Waals surface area (Å²) in [5, 5.41) is 2.90. The van der Waals surface area contributed by atoms with Crippen LogP contribution >= 0.6 is 0 Å². The molecule has 0 heterocycles. The van der Waals surface area contributed by atoms with Crippen LogP contribution in [0.2, 0.25) is 0 Å². The first-order valence-corrected chi connectivity index (χ1v) is 6.81. The van der Waals surface area contributed by atoms with Crippen molar-refractivity contribution in [3.8, 4) is 0 Å². The third-order valence-corrected chi connectivity index (χ3v) is 3.24. The van der Waals surface area contributed by atoms with E-state index in [1.54, 1.807) is 0 Å². The molecule has 0 atom stereocenters. The highest BCUT2D eigenvalue weighted by atomic mass is 19.1. The molecule has 5 heteroatoms. The number of nitrogens with zero attached hydrogens (tertiary/aromatic N) is 1. The van der Waals surface area contributed by atoms with Gasteiger partial charge in [0.05, 0.1) is 6.54 Å². The number of halogens is 1. The third kappa shape index (κ3) is 4.74. The van der Waals surface area contributed by atoms with Crippen molar-refractivity contribution in [1.82, 2.24) is 10.2 Å². The van der Waals surface area contributed by atoms with Crippen LogP contribution in [0.5, 0.6) is 0 Å². The van der Waals surface area contributed by atoms with E-state index in [4.69, 9.17) is 0 Å². The van der Waals surface area contributed by atoms with Gasteiger partial charge in [-0.25, -0.2) is 4.39 Å². The summed E-state index contributed by atoms with van der Waals surface area (Å²) in [5.74, 6) is -0.390. The lowest BCUT2D eigenvalue weighted by atomic mass is 10.1. The van der Waals surface area contributed by atoms with Crippen molar-refractivity contribution in [3.63, 3.8) is 0 Å². The van der Waals surface area contributed by atoms with Crippen LogP contribution in [0.3, 0.4) is 0 Å². The molecule has 0 saturated heterocycles. The number of likely N-dealkylation sites (N-methyl/N-ethyl adjacent to an activating group) is 1. The molecule has 108 valence electrons. The molecule has 0 spiro atoms. The summed E-state index contributed by atoms with van der Waals surface area (Å²) >= 11 is 0. The number of carbonyl (C=O) groups is 2. The summed E-state index contributed by atoms with van der Waals surface area (Å²) < 4.78 is 12.8. The van der Waals surface area contributed by atoms with Crippen molar-refractivity contribution in [2.45, 2.75) is 25.3 Å². The van der Waals surface area contributed by atoms with Crippen LogP contribution < -0.4 is 5.32 Å². The fourth-order valence-corrected chi connectivity index (χ4v) is 1.90. The lowest BCUT2D eigenvalue weighted by molar-refractivity contribution is -0.122. The molecule has 1 N–H and O–H groups in total. The Hall–Kier alpha value is -1.75. The van der Waals surface area contributed by atoms with Gasteiger partial charge in [-0.1, -0.05) is 0 Å². The number of Topliss-reactive ketones (excluding diaryl/α,β-unsaturated/α-hetero) is 1. The summed E-state index contributed by atoms with van der Waals surface area (Å²) in [4.78, 5) is 25.3. The molecule has 0 aromatic heterocycles. The maximum absolute atomic E-state index is 12.8. The summed E-state index contributed by atoms with van der Waals surface area (Å²) in [6.45, 7) is 0.807. The standard InChI is InChI=1S/C15H19FN2O2/c1-18(10-15(20)17-13-6-7-13)9-8-14(19)11-2-4-12(16)5-3-11/h2-5,13H,6-10H2,1H3,(H,17,20). The van der Waals surface area contributed by atoms with Gasteiger partial charge in [-0.2, -0.15) is 0 Å². The quantitative estimate of drug-likeness (QED) is 0.771. The number of carbonyl (C=O) groups excluding carboxylic acids is 2. The molecular formula is C15H19FN2O2. The van der Waals surface area contributed by atoms with Gasteiger partial charge in [-0.3, -0.25) is 14.5 Å². The third-order valence-electron chi connectivity index (χ3n) is 3.24. The van der Waals surface area contributed by atoms with Crippen LogP contribution in [0.4, 0.5) is 4.39 Å². The number of ketones is 1. The average Bonchev–Trinajstić information content (AvgIpc) is 3.20. The highest BCUT2D eigenvalue weighted by Crippen LogP contribution is 2.18. The van der Waals surface area contributed by atoms with E-state index in [0.29, 0.717) is 31.1 Å². The summed E-state index contributed by atoms with van der Waals surface area (Å²) in [6, 6.07) is 5.88. The Balaban J connectivity index is 1.71. The molecule has 1 aromatic rings. The first-order valence-electron chi connectivity index (χ1n) is 6.81. The van der Waals surface area contributed by atoms with Crippen molar-refractivity contribution in [2.24, 2.45) is 0 Å². The SMILES string of the molecule is CN(CCC(=O)c1ccc(F)cc1)CC(=O)NC1CC1. The van der Waals surface area contributed by atoms with E-state index in [-0.39, 0.29) is 17.5 Å². The van der Waals surface area contributed by atoms with Gasteiger partial charge in [0, 0.05) is 24.6 Å². The van der Waals surface area contributed by atoms with Crippen LogP contribution in [0.15, 0.2) is 24.3 Å². The van der Waals surface area contributed by atoms with Crippen molar-refractivity contribution in [2.75, 3.05) is 20.1 Å². The van der Waals surface area contributed by atoms with Crippen molar-refractivity contribution in [1.29, 1.82) is 0 Å². The minimum atomic E-state index is -0.351. The van der Waals surface area contributed by atoms with Crippen LogP contribution in [0.25, 0.3) is 0 Å². The molecule has 0 unspecified atom stereocenters. The molecule has 20 heavy (non-hydrogen) atoms. The van der Waals surface area contributed by atoms with Crippen LogP contribution in [0.1, 0.15) is 29.6 Å². The minimum Gasteiger partial charge on any atom is -0.352 e. The van der Waals surface area contributed by atoms with Crippen LogP contribution in [0, 0.1) is 5.82 Å². The Morgan fingerprint density at radius 3 is 2.55 bits per heavy atom. The first-order chi connectivity index (χ1) is 9.54. The smallest absolute Gasteiger partial charge is 0.234 e. The van der Waals surface area contributed by atoms with Crippen molar-refractivity contribution >= 4 is 11.7 Å². The van der Waals surface area contributed by atoms with E-state index in [0.717, 1.165) is 12.8 Å². The second-order valence-corrected chi connectivity index (χ2v) is 5.26. The molecule has 0 bridgehead atoms. The lowest BCUT2D eigenvalue weighted by Gasteiger charge is -2.15. The van der Waals surface area contributed by atoms with Crippen LogP contribution in [-0.2, 0) is 4.79 Å². The average molecular weight is 278 g/mol. The monoisotopic (exact) mass is 278 g/mol. The second kappa shape index (κ2) is 6.61. The number of hydrogen-bond donors (Lipinski definition) is 1. The lowest BCUT2D eigenvalue weighted by Crippen LogP contribution is -2.37. The molecule has 0 aliphatic heterocycles. The molecular weight excluding hydrogens is 259 g/mol. The molecule has 1 fully saturated rings. The number of benzene rings is 1.